The second-order valence-electron chi connectivity index (χ2n) is 3.80. The van der Waals surface area contributed by atoms with Crippen LogP contribution < -0.4 is 15.8 Å². The number of anilines is 3. The summed E-state index contributed by atoms with van der Waals surface area (Å²) in [5.74, 6) is -0.0564. The van der Waals surface area contributed by atoms with Crippen molar-refractivity contribution >= 4 is 28.8 Å². The van der Waals surface area contributed by atoms with Gasteiger partial charge in [-0.1, -0.05) is 17.7 Å². The second-order valence-corrected chi connectivity index (χ2v) is 4.21. The molecule has 0 bridgehead atoms. The lowest BCUT2D eigenvalue weighted by atomic mass is 10.3. The minimum absolute atomic E-state index is 0.257. The van der Waals surface area contributed by atoms with Crippen molar-refractivity contribution in [3.8, 4) is 5.75 Å². The predicted octanol–water partition coefficient (Wildman–Crippen LogP) is 3.96. The Bertz CT molecular complexity index is 619. The van der Waals surface area contributed by atoms with Crippen molar-refractivity contribution in [3.05, 3.63) is 41.6 Å². The third-order valence-electron chi connectivity index (χ3n) is 2.19. The average Bonchev–Trinajstić information content (AvgIpc) is 2.31. The van der Waals surface area contributed by atoms with E-state index in [1.165, 1.54) is 30.5 Å². The van der Waals surface area contributed by atoms with Crippen LogP contribution in [0.1, 0.15) is 0 Å². The summed E-state index contributed by atoms with van der Waals surface area (Å²) in [7, 11) is 0. The van der Waals surface area contributed by atoms with Crippen LogP contribution in [0.4, 0.5) is 30.4 Å². The molecule has 106 valence electrons. The molecule has 0 atom stereocenters. The standard InChI is InChI=1S/C12H9ClF3N3O/c13-10-4-7(17)6-18-11(10)19-8-2-1-3-9(5-8)20-12(14,15)16/h1-6H,17H2,(H,18,19). The number of nitrogens with one attached hydrogen (secondary N) is 1. The molecule has 20 heavy (non-hydrogen) atoms. The van der Waals surface area contributed by atoms with E-state index in [4.69, 9.17) is 17.3 Å². The number of halogens is 4. The first-order chi connectivity index (χ1) is 9.33. The largest absolute Gasteiger partial charge is 0.573 e. The van der Waals surface area contributed by atoms with Crippen LogP contribution in [0.2, 0.25) is 5.02 Å². The van der Waals surface area contributed by atoms with Gasteiger partial charge in [-0.15, -0.1) is 13.2 Å². The zero-order chi connectivity index (χ0) is 14.8. The third kappa shape index (κ3) is 3.92. The van der Waals surface area contributed by atoms with Crippen LogP contribution in [0.25, 0.3) is 0 Å². The molecular weight excluding hydrogens is 295 g/mol. The smallest absolute Gasteiger partial charge is 0.406 e. The van der Waals surface area contributed by atoms with Gasteiger partial charge >= 0.3 is 6.36 Å². The summed E-state index contributed by atoms with van der Waals surface area (Å²) in [5.41, 5.74) is 6.23. The Hall–Kier alpha value is -2.15. The van der Waals surface area contributed by atoms with Crippen LogP contribution >= 0.6 is 11.6 Å². The molecule has 1 aromatic heterocycles. The molecule has 0 fully saturated rings. The van der Waals surface area contributed by atoms with E-state index in [1.54, 1.807) is 6.07 Å². The minimum atomic E-state index is -4.74. The van der Waals surface area contributed by atoms with Gasteiger partial charge in [0.2, 0.25) is 0 Å². The molecule has 0 saturated carbocycles. The van der Waals surface area contributed by atoms with E-state index >= 15 is 0 Å². The normalized spacial score (nSPS) is 11.2. The van der Waals surface area contributed by atoms with Gasteiger partial charge in [-0.2, -0.15) is 0 Å². The summed E-state index contributed by atoms with van der Waals surface area (Å²) in [6.45, 7) is 0. The number of benzene rings is 1. The Labute approximate surface area is 117 Å². The van der Waals surface area contributed by atoms with Crippen LogP contribution in [0, 0.1) is 0 Å². The zero-order valence-corrected chi connectivity index (χ0v) is 10.7. The summed E-state index contributed by atoms with van der Waals surface area (Å²) in [6, 6.07) is 6.82. The van der Waals surface area contributed by atoms with Crippen molar-refractivity contribution < 1.29 is 17.9 Å². The monoisotopic (exact) mass is 303 g/mol. The summed E-state index contributed by atoms with van der Waals surface area (Å²) in [6.07, 6.45) is -3.36. The van der Waals surface area contributed by atoms with Gasteiger partial charge in [-0.25, -0.2) is 4.98 Å². The van der Waals surface area contributed by atoms with Crippen LogP contribution in [0.3, 0.4) is 0 Å². The number of nitrogen functional groups attached to an aromatic ring is 1. The molecule has 3 N–H and O–H groups in total. The molecule has 0 aliphatic rings. The summed E-state index contributed by atoms with van der Waals surface area (Å²) in [4.78, 5) is 3.95. The molecule has 0 spiro atoms. The Morgan fingerprint density at radius 3 is 2.65 bits per heavy atom. The molecule has 1 aromatic carbocycles. The lowest BCUT2D eigenvalue weighted by Crippen LogP contribution is -2.17. The molecule has 2 rings (SSSR count). The molecule has 2 aromatic rings. The number of hydrogen-bond donors (Lipinski definition) is 2. The van der Waals surface area contributed by atoms with Crippen molar-refractivity contribution in [2.24, 2.45) is 0 Å². The highest BCUT2D eigenvalue weighted by Crippen LogP contribution is 2.28. The number of alkyl halides is 3. The average molecular weight is 304 g/mol. The maximum Gasteiger partial charge on any atom is 0.573 e. The van der Waals surface area contributed by atoms with Gasteiger partial charge in [-0.3, -0.25) is 0 Å². The van der Waals surface area contributed by atoms with E-state index in [0.717, 1.165) is 0 Å². The lowest BCUT2D eigenvalue weighted by molar-refractivity contribution is -0.274. The van der Waals surface area contributed by atoms with Crippen molar-refractivity contribution in [1.82, 2.24) is 4.98 Å². The van der Waals surface area contributed by atoms with E-state index in [9.17, 15) is 13.2 Å². The van der Waals surface area contributed by atoms with Crippen molar-refractivity contribution in [1.29, 1.82) is 0 Å². The molecule has 0 aliphatic carbocycles. The maximum absolute atomic E-state index is 12.1. The molecule has 0 amide bonds. The first-order valence-electron chi connectivity index (χ1n) is 5.37. The molecule has 0 saturated heterocycles. The summed E-state index contributed by atoms with van der Waals surface area (Å²) < 4.78 is 40.2. The maximum atomic E-state index is 12.1. The fourth-order valence-corrected chi connectivity index (χ4v) is 1.67. The van der Waals surface area contributed by atoms with E-state index in [1.807, 2.05) is 0 Å². The SMILES string of the molecule is Nc1cnc(Nc2cccc(OC(F)(F)F)c2)c(Cl)c1. The highest BCUT2D eigenvalue weighted by atomic mass is 35.5. The van der Waals surface area contributed by atoms with Gasteiger partial charge in [0.15, 0.2) is 0 Å². The quantitative estimate of drug-likeness (QED) is 0.901. The van der Waals surface area contributed by atoms with Gasteiger partial charge in [0.25, 0.3) is 0 Å². The number of aromatic nitrogens is 1. The first kappa shape index (κ1) is 14.3. The van der Waals surface area contributed by atoms with E-state index in [0.29, 0.717) is 11.4 Å². The number of ether oxygens (including phenoxy) is 1. The summed E-state index contributed by atoms with van der Waals surface area (Å²) in [5, 5.41) is 3.04. The van der Waals surface area contributed by atoms with Gasteiger partial charge in [0.05, 0.1) is 16.9 Å². The lowest BCUT2D eigenvalue weighted by Gasteiger charge is -2.11. The third-order valence-corrected chi connectivity index (χ3v) is 2.48. The number of rotatable bonds is 3. The van der Waals surface area contributed by atoms with Crippen LogP contribution in [0.5, 0.6) is 5.75 Å². The minimum Gasteiger partial charge on any atom is -0.406 e. The fourth-order valence-electron chi connectivity index (χ4n) is 1.45. The van der Waals surface area contributed by atoms with Gasteiger partial charge in [0, 0.05) is 11.8 Å². The molecule has 1 heterocycles. The van der Waals surface area contributed by atoms with Gasteiger partial charge in [0.1, 0.15) is 11.6 Å². The summed E-state index contributed by atoms with van der Waals surface area (Å²) >= 11 is 5.91. The molecular formula is C12H9ClF3N3O. The van der Waals surface area contributed by atoms with Gasteiger partial charge in [-0.05, 0) is 18.2 Å². The van der Waals surface area contributed by atoms with Crippen molar-refractivity contribution in [2.75, 3.05) is 11.1 Å². The Morgan fingerprint density at radius 1 is 1.25 bits per heavy atom. The fraction of sp³-hybridized carbons (Fsp3) is 0.0833. The molecule has 0 unspecified atom stereocenters. The number of pyridine rings is 1. The highest BCUT2D eigenvalue weighted by molar-refractivity contribution is 6.33. The van der Waals surface area contributed by atoms with Crippen molar-refractivity contribution in [3.63, 3.8) is 0 Å². The molecule has 0 radical (unpaired) electrons. The highest BCUT2D eigenvalue weighted by Gasteiger charge is 2.31. The van der Waals surface area contributed by atoms with Crippen LogP contribution in [0.15, 0.2) is 36.5 Å². The molecule has 4 nitrogen and oxygen atoms in total. The Balaban J connectivity index is 2.19. The van der Waals surface area contributed by atoms with E-state index in [-0.39, 0.29) is 16.6 Å². The zero-order valence-electron chi connectivity index (χ0n) is 9.91. The Morgan fingerprint density at radius 2 is 2.00 bits per heavy atom. The van der Waals surface area contributed by atoms with Crippen LogP contribution in [-0.2, 0) is 0 Å². The molecule has 8 heteroatoms. The van der Waals surface area contributed by atoms with Crippen LogP contribution in [-0.4, -0.2) is 11.3 Å². The van der Waals surface area contributed by atoms with Gasteiger partial charge < -0.3 is 15.8 Å². The number of hydrogen-bond acceptors (Lipinski definition) is 4. The molecule has 0 aliphatic heterocycles. The second kappa shape index (κ2) is 5.46. The first-order valence-corrected chi connectivity index (χ1v) is 5.75. The number of nitrogens with zero attached hydrogens (tertiary/aromatic N) is 1. The van der Waals surface area contributed by atoms with E-state index < -0.39 is 6.36 Å². The Kier molecular flexibility index (Phi) is 3.89. The van der Waals surface area contributed by atoms with Crippen molar-refractivity contribution in [2.45, 2.75) is 6.36 Å². The predicted molar refractivity (Wildman–Crippen MR) is 70.1 cm³/mol. The van der Waals surface area contributed by atoms with E-state index in [2.05, 4.69) is 15.0 Å². The topological polar surface area (TPSA) is 60.2 Å². The number of nitrogens with two attached hydrogens (primary N) is 1.